The van der Waals surface area contributed by atoms with Gasteiger partial charge in [-0.1, -0.05) is 11.2 Å². The zero-order chi connectivity index (χ0) is 27.6. The first-order chi connectivity index (χ1) is 19.3. The normalized spacial score (nSPS) is 18.4. The number of rotatable bonds is 6. The fraction of sp³-hybridized carbons (Fsp3) is 0.441. The second kappa shape index (κ2) is 9.46. The van der Waals surface area contributed by atoms with Gasteiger partial charge in [0.05, 0.1) is 11.6 Å². The highest BCUT2D eigenvalue weighted by molar-refractivity contribution is 5.89. The van der Waals surface area contributed by atoms with Gasteiger partial charge in [0.15, 0.2) is 0 Å². The lowest BCUT2D eigenvalue weighted by atomic mass is 9.63. The first-order valence-electron chi connectivity index (χ1n) is 14.8. The lowest BCUT2D eigenvalue weighted by Gasteiger charge is -2.47. The lowest BCUT2D eigenvalue weighted by Crippen LogP contribution is -2.42. The van der Waals surface area contributed by atoms with E-state index in [1.807, 2.05) is 19.3 Å². The first kappa shape index (κ1) is 25.3. The maximum absolute atomic E-state index is 6.16. The average Bonchev–Trinajstić information content (AvgIpc) is 3.66. The monoisotopic (exact) mass is 534 g/mol. The second-order valence-corrected chi connectivity index (χ2v) is 12.5. The number of hydrogen-bond acceptors (Lipinski definition) is 6. The first-order valence-corrected chi connectivity index (χ1v) is 14.8. The summed E-state index contributed by atoms with van der Waals surface area (Å²) in [5.41, 5.74) is 10.7. The summed E-state index contributed by atoms with van der Waals surface area (Å²) in [5, 5.41) is 5.74. The number of aromatic nitrogens is 3. The van der Waals surface area contributed by atoms with Crippen molar-refractivity contribution in [2.24, 2.45) is 5.41 Å². The fourth-order valence-electron chi connectivity index (χ4n) is 6.75. The third-order valence-corrected chi connectivity index (χ3v) is 8.94. The molecule has 4 heterocycles. The quantitative estimate of drug-likeness (QED) is 0.250. The minimum atomic E-state index is 0.126. The summed E-state index contributed by atoms with van der Waals surface area (Å²) in [5.74, 6) is 2.55. The molecular weight excluding hydrogens is 496 g/mol. The van der Waals surface area contributed by atoms with E-state index in [1.54, 1.807) is 0 Å². The van der Waals surface area contributed by atoms with Crippen LogP contribution in [0.5, 0.6) is 5.75 Å². The number of benzene rings is 1. The summed E-state index contributed by atoms with van der Waals surface area (Å²) < 4.78 is 12.2. The molecule has 1 spiro atoms. The predicted molar refractivity (Wildman–Crippen MR) is 160 cm³/mol. The van der Waals surface area contributed by atoms with E-state index < -0.39 is 0 Å². The number of ether oxygens (including phenoxy) is 1. The van der Waals surface area contributed by atoms with Gasteiger partial charge >= 0.3 is 0 Å². The molecule has 0 atom stereocenters. The summed E-state index contributed by atoms with van der Waals surface area (Å²) in [7, 11) is 0. The standard InChI is InChI=1S/C34H38N4O2/c1-20(2)39-29-14-23(5)36-28-9-8-26(15-27(28)29)38-12-10-34(11-13-38)16-25(17-34)31-32(37-40-33(31)24-6-7-24)30-21(3)18-35-19-22(30)4/h8-9,14-16,18-20,24H,6-7,10-13,17H2,1-5H3. The van der Waals surface area contributed by atoms with Gasteiger partial charge < -0.3 is 14.2 Å². The summed E-state index contributed by atoms with van der Waals surface area (Å²) >= 11 is 0. The number of nitrogens with zero attached hydrogens (tertiary/aromatic N) is 4. The predicted octanol–water partition coefficient (Wildman–Crippen LogP) is 7.95. The molecule has 40 heavy (non-hydrogen) atoms. The van der Waals surface area contributed by atoms with Crippen molar-refractivity contribution in [3.63, 3.8) is 0 Å². The molecule has 0 unspecified atom stereocenters. The Hall–Kier alpha value is -3.67. The van der Waals surface area contributed by atoms with E-state index >= 15 is 0 Å². The smallest absolute Gasteiger partial charge is 0.147 e. The summed E-state index contributed by atoms with van der Waals surface area (Å²) in [6.07, 6.45) is 12.4. The molecule has 6 nitrogen and oxygen atoms in total. The van der Waals surface area contributed by atoms with Crippen molar-refractivity contribution in [2.45, 2.75) is 78.7 Å². The van der Waals surface area contributed by atoms with Crippen molar-refractivity contribution in [2.75, 3.05) is 18.0 Å². The third-order valence-electron chi connectivity index (χ3n) is 8.94. The molecule has 2 aliphatic carbocycles. The lowest BCUT2D eigenvalue weighted by molar-refractivity contribution is 0.245. The Morgan fingerprint density at radius 2 is 1.73 bits per heavy atom. The molecule has 7 rings (SSSR count). The summed E-state index contributed by atoms with van der Waals surface area (Å²) in [6, 6.07) is 8.69. The van der Waals surface area contributed by atoms with E-state index in [0.717, 1.165) is 77.3 Å². The fourth-order valence-corrected chi connectivity index (χ4v) is 6.75. The Morgan fingerprint density at radius 3 is 2.40 bits per heavy atom. The van der Waals surface area contributed by atoms with E-state index in [-0.39, 0.29) is 11.5 Å². The molecule has 206 valence electrons. The number of piperidine rings is 1. The molecule has 6 heteroatoms. The average molecular weight is 535 g/mol. The van der Waals surface area contributed by atoms with Crippen LogP contribution in [0.15, 0.2) is 47.3 Å². The SMILES string of the molecule is Cc1cc(OC(C)C)c2cc(N3CCC4(C=C(c5c(-c6c(C)cncc6C)noc5C5CC5)C4)CC3)ccc2n1. The van der Waals surface area contributed by atoms with Crippen LogP contribution in [-0.2, 0) is 0 Å². The van der Waals surface area contributed by atoms with Crippen molar-refractivity contribution in [1.82, 2.24) is 15.1 Å². The molecule has 4 aromatic rings. The van der Waals surface area contributed by atoms with E-state index in [4.69, 9.17) is 14.2 Å². The number of fused-ring (bicyclic) bond motifs is 1. The van der Waals surface area contributed by atoms with Gasteiger partial charge in [-0.05, 0) is 107 Å². The Labute approximate surface area is 236 Å². The van der Waals surface area contributed by atoms with Crippen LogP contribution in [0.25, 0.3) is 27.7 Å². The van der Waals surface area contributed by atoms with Crippen molar-refractivity contribution < 1.29 is 9.26 Å². The van der Waals surface area contributed by atoms with E-state index in [9.17, 15) is 0 Å². The number of anilines is 1. The van der Waals surface area contributed by atoms with Gasteiger partial charge in [-0.25, -0.2) is 0 Å². The zero-order valence-electron chi connectivity index (χ0n) is 24.3. The van der Waals surface area contributed by atoms with Gasteiger partial charge in [0, 0.05) is 65.4 Å². The van der Waals surface area contributed by atoms with Gasteiger partial charge in [0.1, 0.15) is 17.2 Å². The Balaban J connectivity index is 1.14. The molecule has 3 aromatic heterocycles. The summed E-state index contributed by atoms with van der Waals surface area (Å²) in [6.45, 7) is 12.5. The van der Waals surface area contributed by atoms with Crippen molar-refractivity contribution >= 4 is 22.2 Å². The van der Waals surface area contributed by atoms with Crippen LogP contribution >= 0.6 is 0 Å². The molecule has 3 aliphatic rings. The number of allylic oxidation sites excluding steroid dienone is 2. The van der Waals surface area contributed by atoms with Crippen LogP contribution in [-0.4, -0.2) is 34.3 Å². The molecular formula is C34H38N4O2. The van der Waals surface area contributed by atoms with Crippen LogP contribution in [0.1, 0.15) is 80.0 Å². The molecule has 2 fully saturated rings. The zero-order valence-corrected chi connectivity index (χ0v) is 24.3. The third kappa shape index (κ3) is 4.38. The van der Waals surface area contributed by atoms with Gasteiger partial charge in [0.2, 0.25) is 0 Å². The Morgan fingerprint density at radius 1 is 1.00 bits per heavy atom. The van der Waals surface area contributed by atoms with E-state index in [0.29, 0.717) is 5.92 Å². The maximum Gasteiger partial charge on any atom is 0.147 e. The minimum absolute atomic E-state index is 0.126. The maximum atomic E-state index is 6.16. The van der Waals surface area contributed by atoms with Crippen molar-refractivity contribution in [3.05, 3.63) is 70.9 Å². The highest BCUT2D eigenvalue weighted by atomic mass is 16.5. The highest BCUT2D eigenvalue weighted by Gasteiger charge is 2.44. The number of hydrogen-bond donors (Lipinski definition) is 0. The van der Waals surface area contributed by atoms with Crippen molar-refractivity contribution in [1.29, 1.82) is 0 Å². The van der Waals surface area contributed by atoms with E-state index in [1.165, 1.54) is 35.2 Å². The number of aryl methyl sites for hydroxylation is 3. The molecule has 0 radical (unpaired) electrons. The van der Waals surface area contributed by atoms with Crippen molar-refractivity contribution in [3.8, 4) is 17.0 Å². The molecule has 0 amide bonds. The Kier molecular flexibility index (Phi) is 5.99. The van der Waals surface area contributed by atoms with Gasteiger partial charge in [-0.2, -0.15) is 0 Å². The van der Waals surface area contributed by atoms with Crippen LogP contribution in [0.3, 0.4) is 0 Å². The summed E-state index contributed by atoms with van der Waals surface area (Å²) in [4.78, 5) is 11.7. The largest absolute Gasteiger partial charge is 0.490 e. The van der Waals surface area contributed by atoms with Gasteiger partial charge in [0.25, 0.3) is 0 Å². The van der Waals surface area contributed by atoms with Gasteiger partial charge in [-0.3, -0.25) is 9.97 Å². The molecule has 1 saturated carbocycles. The molecule has 0 bridgehead atoms. The molecule has 1 aromatic carbocycles. The topological polar surface area (TPSA) is 64.3 Å². The van der Waals surface area contributed by atoms with E-state index in [2.05, 4.69) is 73.1 Å². The van der Waals surface area contributed by atoms with Crippen LogP contribution in [0, 0.1) is 26.2 Å². The molecule has 1 aliphatic heterocycles. The minimum Gasteiger partial charge on any atom is -0.490 e. The number of pyridine rings is 2. The van der Waals surface area contributed by atoms with Gasteiger partial charge in [-0.15, -0.1) is 0 Å². The second-order valence-electron chi connectivity index (χ2n) is 12.5. The van der Waals surface area contributed by atoms with Crippen LogP contribution in [0.4, 0.5) is 5.69 Å². The Bertz CT molecular complexity index is 1620. The molecule has 0 N–H and O–H groups in total. The van der Waals surface area contributed by atoms with Crippen LogP contribution in [0.2, 0.25) is 0 Å². The highest BCUT2D eigenvalue weighted by Crippen LogP contribution is 2.56. The van der Waals surface area contributed by atoms with Crippen LogP contribution < -0.4 is 9.64 Å². The molecule has 1 saturated heterocycles.